The monoisotopic (exact) mass is 667 g/mol. The Labute approximate surface area is 264 Å². The van der Waals surface area contributed by atoms with Gasteiger partial charge in [-0.15, -0.1) is 0 Å². The molecule has 2 aromatic rings. The van der Waals surface area contributed by atoms with E-state index in [1.54, 1.807) is 0 Å². The molecule has 1 aliphatic carbocycles. The number of hydrogen-bond donors (Lipinski definition) is 1. The van der Waals surface area contributed by atoms with E-state index in [0.717, 1.165) is 24.3 Å². The van der Waals surface area contributed by atoms with Gasteiger partial charge in [-0.2, -0.15) is 8.61 Å². The highest BCUT2D eigenvalue weighted by Crippen LogP contribution is 2.49. The fourth-order valence-electron chi connectivity index (χ4n) is 5.28. The molecule has 1 aliphatic rings. The molecule has 0 aromatic heterocycles. The van der Waals surface area contributed by atoms with Crippen molar-refractivity contribution in [3.63, 3.8) is 0 Å². The van der Waals surface area contributed by atoms with Gasteiger partial charge in [0.2, 0.25) is 20.0 Å². The Balaban J connectivity index is 2.33. The van der Waals surface area contributed by atoms with Crippen molar-refractivity contribution in [1.82, 2.24) is 8.61 Å². The largest absolute Gasteiger partial charge is 0.410 e. The lowest BCUT2D eigenvalue weighted by molar-refractivity contribution is -0.386. The minimum Gasteiger partial charge on any atom is -0.410 e. The van der Waals surface area contributed by atoms with Gasteiger partial charge < -0.3 is 5.21 Å². The molecule has 14 nitrogen and oxygen atoms in total. The standard InChI is InChI=1S/C29H41N5O9S2/c1-5-9-13-31(14-10-6-2)44(40,41)21-17-23-27(25(19-21)33(36)37)28-24(29(23)30-35)18-22(20-26(28)34(38)39)45(42,43)32(15-11-7-3)16-12-8-4/h17-20,35H,5-16H2,1-4H3. The summed E-state index contributed by atoms with van der Waals surface area (Å²) < 4.78 is 57.7. The van der Waals surface area contributed by atoms with E-state index in [1.165, 1.54) is 8.61 Å². The van der Waals surface area contributed by atoms with Gasteiger partial charge in [-0.3, -0.25) is 20.2 Å². The Hall–Kier alpha value is -3.47. The van der Waals surface area contributed by atoms with Crippen LogP contribution in [0.5, 0.6) is 0 Å². The van der Waals surface area contributed by atoms with E-state index in [9.17, 15) is 42.3 Å². The van der Waals surface area contributed by atoms with Crippen LogP contribution < -0.4 is 0 Å². The molecule has 0 amide bonds. The molecule has 0 spiro atoms. The summed E-state index contributed by atoms with van der Waals surface area (Å²) in [6.45, 7) is 8.35. The van der Waals surface area contributed by atoms with E-state index in [4.69, 9.17) is 0 Å². The van der Waals surface area contributed by atoms with Crippen LogP contribution in [0, 0.1) is 20.2 Å². The number of oxime groups is 1. The van der Waals surface area contributed by atoms with Gasteiger partial charge in [-0.1, -0.05) is 58.5 Å². The molecular weight excluding hydrogens is 626 g/mol. The van der Waals surface area contributed by atoms with Crippen LogP contribution in [0.1, 0.15) is 90.2 Å². The summed E-state index contributed by atoms with van der Waals surface area (Å²) in [6, 6.07) is 3.91. The molecule has 0 aliphatic heterocycles. The third-order valence-electron chi connectivity index (χ3n) is 7.76. The van der Waals surface area contributed by atoms with E-state index < -0.39 is 56.8 Å². The summed E-state index contributed by atoms with van der Waals surface area (Å²) >= 11 is 0. The third-order valence-corrected chi connectivity index (χ3v) is 11.5. The Morgan fingerprint density at radius 1 is 0.644 bits per heavy atom. The van der Waals surface area contributed by atoms with Gasteiger partial charge >= 0.3 is 0 Å². The van der Waals surface area contributed by atoms with Crippen molar-refractivity contribution in [2.45, 2.75) is 88.9 Å². The normalized spacial score (nSPS) is 12.9. The Kier molecular flexibility index (Phi) is 12.2. The molecule has 45 heavy (non-hydrogen) atoms. The van der Waals surface area contributed by atoms with Crippen LogP contribution in [0.4, 0.5) is 11.4 Å². The zero-order chi connectivity index (χ0) is 33.5. The summed E-state index contributed by atoms with van der Waals surface area (Å²) in [5.74, 6) is 0. The molecule has 0 unspecified atom stereocenters. The topological polar surface area (TPSA) is 194 Å². The van der Waals surface area contributed by atoms with Crippen LogP contribution in [-0.2, 0) is 20.0 Å². The van der Waals surface area contributed by atoms with Gasteiger partial charge in [-0.05, 0) is 37.8 Å². The fraction of sp³-hybridized carbons (Fsp3) is 0.552. The minimum absolute atomic E-state index is 0.185. The number of unbranched alkanes of at least 4 members (excludes halogenated alkanes) is 4. The third kappa shape index (κ3) is 7.34. The molecule has 2 aromatic carbocycles. The average molecular weight is 668 g/mol. The van der Waals surface area contributed by atoms with Crippen molar-refractivity contribution >= 4 is 37.1 Å². The number of nitro groups is 2. The molecule has 16 heteroatoms. The average Bonchev–Trinajstić information content (AvgIpc) is 3.33. The molecule has 0 atom stereocenters. The highest BCUT2D eigenvalue weighted by atomic mass is 32.2. The van der Waals surface area contributed by atoms with Crippen molar-refractivity contribution in [2.24, 2.45) is 5.16 Å². The predicted octanol–water partition coefficient (Wildman–Crippen LogP) is 5.89. The first kappa shape index (κ1) is 36.0. The zero-order valence-electron chi connectivity index (χ0n) is 26.1. The van der Waals surface area contributed by atoms with Crippen molar-refractivity contribution in [3.8, 4) is 11.1 Å². The first-order chi connectivity index (χ1) is 21.3. The van der Waals surface area contributed by atoms with E-state index in [1.807, 2.05) is 27.7 Å². The predicted molar refractivity (Wildman–Crippen MR) is 170 cm³/mol. The summed E-state index contributed by atoms with van der Waals surface area (Å²) in [5.41, 5.74) is -2.98. The van der Waals surface area contributed by atoms with Crippen LogP contribution in [0.15, 0.2) is 39.2 Å². The first-order valence-electron chi connectivity index (χ1n) is 15.2. The molecular formula is C29H41N5O9S2. The molecule has 3 rings (SSSR count). The van der Waals surface area contributed by atoms with Gasteiger partial charge in [0.1, 0.15) is 5.71 Å². The molecule has 1 N–H and O–H groups in total. The highest BCUT2D eigenvalue weighted by Gasteiger charge is 2.42. The number of rotatable bonds is 18. The second-order valence-electron chi connectivity index (χ2n) is 10.9. The molecule has 0 saturated carbocycles. The maximum absolute atomic E-state index is 13.8. The van der Waals surface area contributed by atoms with Gasteiger partial charge in [0, 0.05) is 49.4 Å². The van der Waals surface area contributed by atoms with Crippen LogP contribution in [0.2, 0.25) is 0 Å². The molecule has 0 radical (unpaired) electrons. The molecule has 0 saturated heterocycles. The SMILES string of the molecule is CCCCN(CCCC)S(=O)(=O)c1cc2c(c([N+](=O)[O-])c1)-c1c(cc(S(=O)(=O)N(CCCC)CCCC)cc1[N+](=O)[O-])C2=NO. The highest BCUT2D eigenvalue weighted by molar-refractivity contribution is 7.89. The lowest BCUT2D eigenvalue weighted by atomic mass is 10.0. The lowest BCUT2D eigenvalue weighted by Gasteiger charge is -2.22. The van der Waals surface area contributed by atoms with Crippen molar-refractivity contribution in [2.75, 3.05) is 26.2 Å². The lowest BCUT2D eigenvalue weighted by Crippen LogP contribution is -2.33. The van der Waals surface area contributed by atoms with E-state index in [0.29, 0.717) is 51.4 Å². The van der Waals surface area contributed by atoms with Crippen molar-refractivity contribution in [1.29, 1.82) is 0 Å². The number of nitrogens with zero attached hydrogens (tertiary/aromatic N) is 5. The summed E-state index contributed by atoms with van der Waals surface area (Å²) in [4.78, 5) is 22.2. The summed E-state index contributed by atoms with van der Waals surface area (Å²) in [5, 5.41) is 38.1. The van der Waals surface area contributed by atoms with Gasteiger partial charge in [0.05, 0.1) is 30.8 Å². The Morgan fingerprint density at radius 3 is 1.20 bits per heavy atom. The zero-order valence-corrected chi connectivity index (χ0v) is 27.7. The van der Waals surface area contributed by atoms with Crippen molar-refractivity contribution < 1.29 is 31.9 Å². The van der Waals surface area contributed by atoms with Crippen molar-refractivity contribution in [3.05, 3.63) is 55.6 Å². The van der Waals surface area contributed by atoms with Crippen LogP contribution >= 0.6 is 0 Å². The van der Waals surface area contributed by atoms with Crippen LogP contribution in [0.3, 0.4) is 0 Å². The number of nitro benzene ring substituents is 2. The second-order valence-corrected chi connectivity index (χ2v) is 14.8. The summed E-state index contributed by atoms with van der Waals surface area (Å²) in [7, 11) is -8.55. The Morgan fingerprint density at radius 2 is 0.956 bits per heavy atom. The van der Waals surface area contributed by atoms with Gasteiger partial charge in [0.25, 0.3) is 11.4 Å². The quantitative estimate of drug-likeness (QED) is 0.0977. The molecule has 248 valence electrons. The Bertz CT molecular complexity index is 1540. The van der Waals surface area contributed by atoms with E-state index in [-0.39, 0.29) is 48.4 Å². The molecule has 0 fully saturated rings. The van der Waals surface area contributed by atoms with Gasteiger partial charge in [-0.25, -0.2) is 16.8 Å². The number of benzene rings is 2. The molecule has 0 heterocycles. The number of sulfonamides is 2. The number of hydrogen-bond acceptors (Lipinski definition) is 10. The smallest absolute Gasteiger partial charge is 0.279 e. The van der Waals surface area contributed by atoms with E-state index in [2.05, 4.69) is 5.16 Å². The summed E-state index contributed by atoms with van der Waals surface area (Å²) in [6.07, 6.45) is 5.07. The maximum Gasteiger partial charge on any atom is 0.279 e. The second kappa shape index (κ2) is 15.2. The number of fused-ring (bicyclic) bond motifs is 3. The molecule has 0 bridgehead atoms. The maximum atomic E-state index is 13.8. The van der Waals surface area contributed by atoms with Crippen LogP contribution in [-0.4, -0.2) is 72.4 Å². The first-order valence-corrected chi connectivity index (χ1v) is 18.1. The fourth-order valence-corrected chi connectivity index (χ4v) is 8.41. The van der Waals surface area contributed by atoms with Crippen LogP contribution in [0.25, 0.3) is 11.1 Å². The van der Waals surface area contributed by atoms with E-state index >= 15 is 0 Å². The minimum atomic E-state index is -4.27. The van der Waals surface area contributed by atoms with Gasteiger partial charge in [0.15, 0.2) is 0 Å².